The van der Waals surface area contributed by atoms with Crippen LogP contribution in [0.2, 0.25) is 0 Å². The van der Waals surface area contributed by atoms with Gasteiger partial charge in [0, 0.05) is 25.0 Å². The van der Waals surface area contributed by atoms with Gasteiger partial charge in [0.05, 0.1) is 5.75 Å². The fourth-order valence-corrected chi connectivity index (χ4v) is 4.97. The van der Waals surface area contributed by atoms with Crippen molar-refractivity contribution in [1.29, 1.82) is 0 Å². The van der Waals surface area contributed by atoms with E-state index in [0.29, 0.717) is 11.5 Å². The fraction of sp³-hybridized carbons (Fsp3) is 0.611. The lowest BCUT2D eigenvalue weighted by Gasteiger charge is -2.47. The average Bonchev–Trinajstić information content (AvgIpc) is 3.31. The number of nitrogens with zero attached hydrogens (tertiary/aromatic N) is 4. The van der Waals surface area contributed by atoms with Gasteiger partial charge in [0.1, 0.15) is 12.1 Å². The van der Waals surface area contributed by atoms with E-state index in [2.05, 4.69) is 27.1 Å². The van der Waals surface area contributed by atoms with E-state index in [9.17, 15) is 4.79 Å². The lowest BCUT2D eigenvalue weighted by Crippen LogP contribution is -2.52. The van der Waals surface area contributed by atoms with Crippen molar-refractivity contribution in [3.8, 4) is 0 Å². The Morgan fingerprint density at radius 1 is 1.31 bits per heavy atom. The zero-order valence-electron chi connectivity index (χ0n) is 15.1. The zero-order valence-corrected chi connectivity index (χ0v) is 15.9. The maximum absolute atomic E-state index is 12.9. The minimum Gasteiger partial charge on any atom is -0.455 e. The van der Waals surface area contributed by atoms with E-state index in [1.165, 1.54) is 43.9 Å². The highest BCUT2D eigenvalue weighted by Gasteiger charge is 2.40. The van der Waals surface area contributed by atoms with Crippen molar-refractivity contribution in [3.05, 3.63) is 30.0 Å². The number of thioether (sulfide) groups is 1. The molecule has 0 aliphatic carbocycles. The molecule has 0 bridgehead atoms. The summed E-state index contributed by atoms with van der Waals surface area (Å²) >= 11 is 1.51. The van der Waals surface area contributed by atoms with Gasteiger partial charge in [-0.1, -0.05) is 11.8 Å². The van der Waals surface area contributed by atoms with Crippen molar-refractivity contribution in [3.63, 3.8) is 0 Å². The lowest BCUT2D eigenvalue weighted by molar-refractivity contribution is 0.0189. The normalized spacial score (nSPS) is 24.3. The molecule has 4 rings (SSSR count). The molecule has 1 N–H and O–H groups in total. The van der Waals surface area contributed by atoms with E-state index in [-0.39, 0.29) is 11.3 Å². The van der Waals surface area contributed by atoms with E-state index in [0.717, 1.165) is 37.0 Å². The van der Waals surface area contributed by atoms with E-state index in [1.54, 1.807) is 6.07 Å². The van der Waals surface area contributed by atoms with Gasteiger partial charge in [0.2, 0.25) is 0 Å². The number of hydrogen-bond donors (Lipinski definition) is 1. The molecule has 2 aliphatic rings. The summed E-state index contributed by atoms with van der Waals surface area (Å²) in [5.41, 5.74) is 0.262. The first kappa shape index (κ1) is 17.6. The van der Waals surface area contributed by atoms with Crippen LogP contribution in [0.5, 0.6) is 0 Å². The molecule has 2 aromatic rings. The molecule has 2 fully saturated rings. The van der Waals surface area contributed by atoms with Gasteiger partial charge in [-0.05, 0) is 51.4 Å². The molecule has 2 aromatic heterocycles. The molecule has 7 nitrogen and oxygen atoms in total. The van der Waals surface area contributed by atoms with Crippen LogP contribution in [0.25, 0.3) is 0 Å². The number of rotatable bonds is 4. The predicted octanol–water partition coefficient (Wildman–Crippen LogP) is 2.64. The molecular weight excluding hydrogens is 350 g/mol. The van der Waals surface area contributed by atoms with Gasteiger partial charge in [0.25, 0.3) is 5.91 Å². The van der Waals surface area contributed by atoms with Crippen LogP contribution >= 0.6 is 11.8 Å². The number of nitrogens with one attached hydrogen (secondary N) is 1. The summed E-state index contributed by atoms with van der Waals surface area (Å²) < 4.78 is 5.81. The van der Waals surface area contributed by atoms with Crippen molar-refractivity contribution in [1.82, 2.24) is 25.0 Å². The maximum atomic E-state index is 12.9. The molecule has 140 valence electrons. The lowest BCUT2D eigenvalue weighted by atomic mass is 9.74. The summed E-state index contributed by atoms with van der Waals surface area (Å²) in [6.45, 7) is 3.93. The molecule has 2 saturated heterocycles. The Bertz CT molecular complexity index is 743. The first-order valence-corrected chi connectivity index (χ1v) is 10.2. The second-order valence-corrected chi connectivity index (χ2v) is 8.48. The summed E-state index contributed by atoms with van der Waals surface area (Å²) in [5.74, 6) is 1.86. The Hall–Kier alpha value is -1.80. The number of carbonyl (C=O) groups is 1. The van der Waals surface area contributed by atoms with Gasteiger partial charge < -0.3 is 14.2 Å². The van der Waals surface area contributed by atoms with Gasteiger partial charge in [-0.15, -0.1) is 0 Å². The van der Waals surface area contributed by atoms with Crippen LogP contribution in [-0.4, -0.2) is 64.1 Å². The Morgan fingerprint density at radius 2 is 2.15 bits per heavy atom. The number of H-pyrrole nitrogens is 1. The number of aromatic amines is 1. The molecule has 1 amide bonds. The fourth-order valence-electron chi connectivity index (χ4n) is 4.30. The van der Waals surface area contributed by atoms with Crippen LogP contribution in [0.3, 0.4) is 0 Å². The molecule has 1 spiro atoms. The highest BCUT2D eigenvalue weighted by Crippen LogP contribution is 2.38. The van der Waals surface area contributed by atoms with Crippen molar-refractivity contribution in [2.24, 2.45) is 5.41 Å². The van der Waals surface area contributed by atoms with Gasteiger partial charge in [0.15, 0.2) is 10.9 Å². The second-order valence-electron chi connectivity index (χ2n) is 7.52. The van der Waals surface area contributed by atoms with Crippen molar-refractivity contribution < 1.29 is 9.21 Å². The highest BCUT2D eigenvalue weighted by atomic mass is 32.2. The quantitative estimate of drug-likeness (QED) is 0.828. The largest absolute Gasteiger partial charge is 0.455 e. The second kappa shape index (κ2) is 7.44. The molecule has 4 heterocycles. The van der Waals surface area contributed by atoms with Gasteiger partial charge in [-0.2, -0.15) is 5.10 Å². The van der Waals surface area contributed by atoms with Crippen LogP contribution in [0, 0.1) is 5.41 Å². The highest BCUT2D eigenvalue weighted by molar-refractivity contribution is 7.98. The van der Waals surface area contributed by atoms with Gasteiger partial charge >= 0.3 is 0 Å². The smallest absolute Gasteiger partial charge is 0.289 e. The molecule has 0 saturated carbocycles. The first-order valence-electron chi connectivity index (χ1n) is 9.18. The third-order valence-corrected chi connectivity index (χ3v) is 6.32. The number of carbonyl (C=O) groups excluding carboxylic acids is 1. The third-order valence-electron chi connectivity index (χ3n) is 5.42. The molecule has 2 aliphatic heterocycles. The van der Waals surface area contributed by atoms with E-state index >= 15 is 0 Å². The number of aromatic nitrogens is 3. The summed E-state index contributed by atoms with van der Waals surface area (Å²) in [7, 11) is 2.19. The maximum Gasteiger partial charge on any atom is 0.289 e. The average molecular weight is 375 g/mol. The van der Waals surface area contributed by atoms with Crippen LogP contribution < -0.4 is 0 Å². The van der Waals surface area contributed by atoms with E-state index in [4.69, 9.17) is 4.42 Å². The molecule has 0 unspecified atom stereocenters. The van der Waals surface area contributed by atoms with Crippen LogP contribution in [-0.2, 0) is 5.75 Å². The van der Waals surface area contributed by atoms with Crippen molar-refractivity contribution >= 4 is 17.7 Å². The molecule has 1 atom stereocenters. The minimum absolute atomic E-state index is 0.0215. The summed E-state index contributed by atoms with van der Waals surface area (Å²) in [6, 6.07) is 3.68. The zero-order chi connectivity index (χ0) is 18.0. The number of furan rings is 1. The van der Waals surface area contributed by atoms with Crippen molar-refractivity contribution in [2.45, 2.75) is 36.6 Å². The Kier molecular flexibility index (Phi) is 5.04. The summed E-state index contributed by atoms with van der Waals surface area (Å²) in [6.07, 6.45) is 6.22. The Balaban J connectivity index is 1.39. The third kappa shape index (κ3) is 3.81. The summed E-state index contributed by atoms with van der Waals surface area (Å²) in [4.78, 5) is 21.4. The predicted molar refractivity (Wildman–Crippen MR) is 99.0 cm³/mol. The minimum atomic E-state index is 0.0215. The van der Waals surface area contributed by atoms with Crippen LogP contribution in [0.15, 0.2) is 28.0 Å². The summed E-state index contributed by atoms with van der Waals surface area (Å²) in [5, 5.41) is 7.37. The van der Waals surface area contributed by atoms with Gasteiger partial charge in [-0.25, -0.2) is 4.98 Å². The standard InChI is InChI=1S/C18H25N5O2S/c1-22-8-2-6-18(11-22)7-3-9-23(12-18)16(24)15-5-4-14(25-15)10-26-17-19-13-20-21-17/h4-5,13H,2-3,6-12H2,1H3,(H,19,20,21)/t18-/m0/s1. The molecule has 0 radical (unpaired) electrons. The SMILES string of the molecule is CN1CCC[C@]2(CCCN(C(=O)c3ccc(CSc4ncn[nH]4)o3)C2)C1. The van der Waals surface area contributed by atoms with E-state index < -0.39 is 0 Å². The van der Waals surface area contributed by atoms with Crippen LogP contribution in [0.1, 0.15) is 42.0 Å². The number of amides is 1. The topological polar surface area (TPSA) is 78.3 Å². The molecule has 26 heavy (non-hydrogen) atoms. The van der Waals surface area contributed by atoms with Crippen molar-refractivity contribution in [2.75, 3.05) is 33.2 Å². The van der Waals surface area contributed by atoms with Gasteiger partial charge in [-0.3, -0.25) is 9.89 Å². The molecule has 8 heteroatoms. The Morgan fingerprint density at radius 3 is 2.92 bits per heavy atom. The first-order chi connectivity index (χ1) is 12.6. The van der Waals surface area contributed by atoms with E-state index in [1.807, 2.05) is 11.0 Å². The number of likely N-dealkylation sites (tertiary alicyclic amines) is 2. The monoisotopic (exact) mass is 375 g/mol. The molecular formula is C18H25N5O2S. The number of piperidine rings is 2. The number of hydrogen-bond acceptors (Lipinski definition) is 6. The van der Waals surface area contributed by atoms with Crippen LogP contribution in [0.4, 0.5) is 0 Å². The Labute approximate surface area is 157 Å². The molecule has 0 aromatic carbocycles.